The van der Waals surface area contributed by atoms with E-state index in [1.54, 1.807) is 0 Å². The Balaban J connectivity index is 2.89. The van der Waals surface area contributed by atoms with Gasteiger partial charge in [0.25, 0.3) is 15.5 Å². The number of hydrogen-bond donors (Lipinski definition) is 1. The highest BCUT2D eigenvalue weighted by Crippen LogP contribution is 2.32. The van der Waals surface area contributed by atoms with Gasteiger partial charge in [0.15, 0.2) is 4.73 Å². The minimum absolute atomic E-state index is 0.0373. The maximum absolute atomic E-state index is 12.7. The van der Waals surface area contributed by atoms with E-state index in [1.807, 2.05) is 0 Å². The number of aromatic nitrogens is 2. The molecule has 0 amide bonds. The SMILES string of the molecule is O=S(=O)(Cl)c1ccc(C(F)F)c2nc(Br)[nH]c12. The first-order valence-corrected chi connectivity index (χ1v) is 7.32. The summed E-state index contributed by atoms with van der Waals surface area (Å²) in [5.41, 5.74) is -0.510. The number of halogens is 4. The van der Waals surface area contributed by atoms with Gasteiger partial charge >= 0.3 is 0 Å². The molecule has 0 bridgehead atoms. The number of nitrogens with one attached hydrogen (secondary N) is 1. The van der Waals surface area contributed by atoms with Gasteiger partial charge in [-0.25, -0.2) is 22.2 Å². The van der Waals surface area contributed by atoms with E-state index >= 15 is 0 Å². The smallest absolute Gasteiger partial charge is 0.266 e. The van der Waals surface area contributed by atoms with Crippen molar-refractivity contribution in [1.29, 1.82) is 0 Å². The lowest BCUT2D eigenvalue weighted by Gasteiger charge is -2.03. The molecule has 0 atom stereocenters. The van der Waals surface area contributed by atoms with E-state index in [9.17, 15) is 17.2 Å². The van der Waals surface area contributed by atoms with Gasteiger partial charge in [0.2, 0.25) is 0 Å². The molecule has 0 fully saturated rings. The first-order chi connectivity index (χ1) is 7.80. The molecule has 0 aliphatic rings. The largest absolute Gasteiger partial charge is 0.331 e. The summed E-state index contributed by atoms with van der Waals surface area (Å²) in [6.45, 7) is 0. The average Bonchev–Trinajstić information content (AvgIpc) is 2.54. The molecular formula is C8H4BrClF2N2O2S. The Morgan fingerprint density at radius 2 is 2.06 bits per heavy atom. The highest BCUT2D eigenvalue weighted by molar-refractivity contribution is 9.10. The van der Waals surface area contributed by atoms with Gasteiger partial charge in [-0.1, -0.05) is 0 Å². The molecule has 1 aromatic heterocycles. The number of imidazole rings is 1. The maximum Gasteiger partial charge on any atom is 0.266 e. The number of hydrogen-bond acceptors (Lipinski definition) is 3. The van der Waals surface area contributed by atoms with Crippen molar-refractivity contribution in [3.8, 4) is 0 Å². The summed E-state index contributed by atoms with van der Waals surface area (Å²) in [7, 11) is 1.18. The molecule has 0 spiro atoms. The molecule has 92 valence electrons. The van der Waals surface area contributed by atoms with Crippen LogP contribution in [-0.2, 0) is 9.05 Å². The van der Waals surface area contributed by atoms with Crippen LogP contribution in [0.3, 0.4) is 0 Å². The zero-order valence-corrected chi connectivity index (χ0v) is 11.1. The number of aromatic amines is 1. The molecular weight excluding hydrogens is 342 g/mol. The van der Waals surface area contributed by atoms with E-state index in [0.29, 0.717) is 0 Å². The average molecular weight is 346 g/mol. The summed E-state index contributed by atoms with van der Waals surface area (Å²) in [4.78, 5) is 6.02. The van der Waals surface area contributed by atoms with Crippen LogP contribution < -0.4 is 0 Å². The van der Waals surface area contributed by atoms with E-state index in [0.717, 1.165) is 12.1 Å². The molecule has 17 heavy (non-hydrogen) atoms. The third kappa shape index (κ3) is 2.29. The van der Waals surface area contributed by atoms with Crippen molar-refractivity contribution in [2.24, 2.45) is 0 Å². The third-order valence-corrected chi connectivity index (χ3v) is 3.85. The Hall–Kier alpha value is -0.730. The first-order valence-electron chi connectivity index (χ1n) is 4.21. The highest BCUT2D eigenvalue weighted by Gasteiger charge is 2.22. The number of benzene rings is 1. The van der Waals surface area contributed by atoms with Gasteiger partial charge in [-0.3, -0.25) is 0 Å². The Morgan fingerprint density at radius 3 is 2.59 bits per heavy atom. The third-order valence-electron chi connectivity index (χ3n) is 2.11. The van der Waals surface area contributed by atoms with Crippen LogP contribution in [0, 0.1) is 0 Å². The fourth-order valence-corrected chi connectivity index (χ4v) is 2.82. The second-order valence-electron chi connectivity index (χ2n) is 3.14. The summed E-state index contributed by atoms with van der Waals surface area (Å²) < 4.78 is 48.0. The summed E-state index contributed by atoms with van der Waals surface area (Å²) in [5, 5.41) is 0. The van der Waals surface area contributed by atoms with Crippen LogP contribution in [0.2, 0.25) is 0 Å². The summed E-state index contributed by atoms with van der Waals surface area (Å²) in [5.74, 6) is 0. The molecule has 1 aromatic carbocycles. The zero-order chi connectivity index (χ0) is 12.8. The molecule has 0 aliphatic heterocycles. The number of fused-ring (bicyclic) bond motifs is 1. The minimum atomic E-state index is -4.02. The van der Waals surface area contributed by atoms with Crippen molar-refractivity contribution in [3.05, 3.63) is 22.4 Å². The van der Waals surface area contributed by atoms with Crippen LogP contribution >= 0.6 is 26.6 Å². The van der Waals surface area contributed by atoms with Gasteiger partial charge in [-0.05, 0) is 28.1 Å². The van der Waals surface area contributed by atoms with Gasteiger partial charge < -0.3 is 4.98 Å². The maximum atomic E-state index is 12.7. The van der Waals surface area contributed by atoms with E-state index in [4.69, 9.17) is 10.7 Å². The number of alkyl halides is 2. The summed E-state index contributed by atoms with van der Waals surface area (Å²) in [6, 6.07) is 2.02. The predicted octanol–water partition coefficient (Wildman–Crippen LogP) is 3.19. The second kappa shape index (κ2) is 4.18. The van der Waals surface area contributed by atoms with Crippen molar-refractivity contribution in [1.82, 2.24) is 9.97 Å². The molecule has 0 saturated heterocycles. The topological polar surface area (TPSA) is 62.8 Å². The van der Waals surface area contributed by atoms with E-state index in [2.05, 4.69) is 25.9 Å². The van der Waals surface area contributed by atoms with Crippen LogP contribution in [0.15, 0.2) is 21.8 Å². The number of H-pyrrole nitrogens is 1. The number of nitrogens with zero attached hydrogens (tertiary/aromatic N) is 1. The van der Waals surface area contributed by atoms with Crippen LogP contribution in [0.25, 0.3) is 11.0 Å². The lowest BCUT2D eigenvalue weighted by atomic mass is 10.2. The Labute approximate surface area is 108 Å². The van der Waals surface area contributed by atoms with E-state index in [-0.39, 0.29) is 26.2 Å². The molecule has 0 radical (unpaired) electrons. The molecule has 1 N–H and O–H groups in total. The van der Waals surface area contributed by atoms with Gasteiger partial charge in [0.1, 0.15) is 4.90 Å². The lowest BCUT2D eigenvalue weighted by molar-refractivity contribution is 0.153. The minimum Gasteiger partial charge on any atom is -0.331 e. The van der Waals surface area contributed by atoms with Gasteiger partial charge in [0.05, 0.1) is 11.0 Å². The van der Waals surface area contributed by atoms with E-state index < -0.39 is 15.5 Å². The van der Waals surface area contributed by atoms with Crippen molar-refractivity contribution in [2.75, 3.05) is 0 Å². The predicted molar refractivity (Wildman–Crippen MR) is 61.8 cm³/mol. The van der Waals surface area contributed by atoms with E-state index in [1.165, 1.54) is 0 Å². The van der Waals surface area contributed by atoms with Crippen LogP contribution in [0.5, 0.6) is 0 Å². The van der Waals surface area contributed by atoms with Crippen LogP contribution in [-0.4, -0.2) is 18.4 Å². The van der Waals surface area contributed by atoms with Gasteiger partial charge in [0, 0.05) is 16.2 Å². The summed E-state index contributed by atoms with van der Waals surface area (Å²) >= 11 is 2.96. The van der Waals surface area contributed by atoms with Crippen molar-refractivity contribution in [2.45, 2.75) is 11.3 Å². The molecule has 0 aliphatic carbocycles. The van der Waals surface area contributed by atoms with Crippen LogP contribution in [0.1, 0.15) is 12.0 Å². The molecule has 4 nitrogen and oxygen atoms in total. The van der Waals surface area contributed by atoms with Crippen molar-refractivity contribution < 1.29 is 17.2 Å². The van der Waals surface area contributed by atoms with Crippen molar-refractivity contribution >= 4 is 46.7 Å². The zero-order valence-electron chi connectivity index (χ0n) is 7.92. The summed E-state index contributed by atoms with van der Waals surface area (Å²) in [6.07, 6.45) is -2.75. The van der Waals surface area contributed by atoms with Gasteiger partial charge in [-0.2, -0.15) is 0 Å². The Bertz CT molecular complexity index is 686. The van der Waals surface area contributed by atoms with Gasteiger partial charge in [-0.15, -0.1) is 0 Å². The normalized spacial score (nSPS) is 12.5. The molecule has 9 heteroatoms. The highest BCUT2D eigenvalue weighted by atomic mass is 79.9. The second-order valence-corrected chi connectivity index (χ2v) is 6.43. The molecule has 0 unspecified atom stereocenters. The molecule has 2 rings (SSSR count). The standard InChI is InChI=1S/C8H4BrClF2N2O2S/c9-8-13-5-3(7(11)12)1-2-4(6(5)14-8)17(10,15)16/h1-2,7H,(H,13,14). The monoisotopic (exact) mass is 344 g/mol. The van der Waals surface area contributed by atoms with Crippen molar-refractivity contribution in [3.63, 3.8) is 0 Å². The lowest BCUT2D eigenvalue weighted by Crippen LogP contribution is -1.95. The quantitative estimate of drug-likeness (QED) is 0.850. The molecule has 0 saturated carbocycles. The fraction of sp³-hybridized carbons (Fsp3) is 0.125. The molecule has 2 aromatic rings. The first kappa shape index (κ1) is 12.7. The Morgan fingerprint density at radius 1 is 1.41 bits per heavy atom. The van der Waals surface area contributed by atoms with Crippen LogP contribution in [0.4, 0.5) is 8.78 Å². The number of rotatable bonds is 2. The fourth-order valence-electron chi connectivity index (χ4n) is 1.44. The Kier molecular flexibility index (Phi) is 3.13. The molecule has 1 heterocycles.